The number of nitrogens with two attached hydrogens (primary N) is 1. The van der Waals surface area contributed by atoms with E-state index >= 15 is 0 Å². The number of nitrogens with one attached hydrogen (secondary N) is 2. The third kappa shape index (κ3) is 4.53. The topological polar surface area (TPSA) is 102 Å². The molecule has 146 valence electrons. The van der Waals surface area contributed by atoms with Crippen LogP contribution in [-0.2, 0) is 6.54 Å². The predicted molar refractivity (Wildman–Crippen MR) is 104 cm³/mol. The van der Waals surface area contributed by atoms with Gasteiger partial charge in [-0.3, -0.25) is 4.79 Å². The van der Waals surface area contributed by atoms with Crippen molar-refractivity contribution in [3.63, 3.8) is 0 Å². The van der Waals surface area contributed by atoms with E-state index in [9.17, 15) is 4.79 Å². The van der Waals surface area contributed by atoms with Crippen LogP contribution >= 0.6 is 0 Å². The number of amides is 1. The number of methoxy groups -OCH3 is 1. The van der Waals surface area contributed by atoms with Gasteiger partial charge in [-0.05, 0) is 43.4 Å². The highest BCUT2D eigenvalue weighted by Gasteiger charge is 2.19. The van der Waals surface area contributed by atoms with Gasteiger partial charge in [-0.25, -0.2) is 4.98 Å². The summed E-state index contributed by atoms with van der Waals surface area (Å²) < 4.78 is 11.6. The Morgan fingerprint density at radius 2 is 2.07 bits per heavy atom. The minimum absolute atomic E-state index is 0.172. The molecule has 0 aliphatic heterocycles. The van der Waals surface area contributed by atoms with E-state index in [0.717, 1.165) is 35.7 Å². The smallest absolute Gasteiger partial charge is 0.269 e. The lowest BCUT2D eigenvalue weighted by atomic mass is 10.2. The number of aromatic amines is 1. The summed E-state index contributed by atoms with van der Waals surface area (Å²) in [5.41, 5.74) is 6.77. The molecular weight excluding hydrogens is 344 g/mol. The van der Waals surface area contributed by atoms with Gasteiger partial charge in [-0.15, -0.1) is 0 Å². The number of imidazole rings is 1. The first kappa shape index (κ1) is 19.1. The fourth-order valence-corrected chi connectivity index (χ4v) is 3.27. The van der Waals surface area contributed by atoms with Gasteiger partial charge in [0.2, 0.25) is 0 Å². The first-order chi connectivity index (χ1) is 13.0. The molecule has 1 aromatic heterocycles. The van der Waals surface area contributed by atoms with Gasteiger partial charge in [0, 0.05) is 12.5 Å². The Hall–Kier alpha value is -2.70. The van der Waals surface area contributed by atoms with Crippen molar-refractivity contribution < 1.29 is 14.3 Å². The maximum Gasteiger partial charge on any atom is 0.269 e. The molecule has 1 saturated carbocycles. The second-order valence-electron chi connectivity index (χ2n) is 7.23. The molecule has 0 radical (unpaired) electrons. The van der Waals surface area contributed by atoms with Crippen LogP contribution in [0.15, 0.2) is 18.2 Å². The number of hydrogen-bond donors (Lipinski definition) is 3. The maximum atomic E-state index is 11.7. The summed E-state index contributed by atoms with van der Waals surface area (Å²) in [6.45, 7) is 4.50. The normalized spacial score (nSPS) is 14.5. The van der Waals surface area contributed by atoms with Gasteiger partial charge in [-0.2, -0.15) is 0 Å². The Balaban J connectivity index is 1.75. The molecule has 1 heterocycles. The van der Waals surface area contributed by atoms with Crippen LogP contribution in [0, 0.1) is 0 Å². The van der Waals surface area contributed by atoms with E-state index in [1.165, 1.54) is 12.8 Å². The van der Waals surface area contributed by atoms with E-state index < -0.39 is 5.91 Å². The standard InChI is InChI=1S/C20H28N4O3/c1-12(2)19-23-17(18(21)25)20(24-19)22-11-13-8-9-15(26-3)16(10-13)27-14-6-4-5-7-14/h8-10,12,14,22H,4-7,11H2,1-3H3,(H2,21,25)(H,23,24). The number of aromatic nitrogens is 2. The number of carbonyl (C=O) groups is 1. The number of benzene rings is 1. The van der Waals surface area contributed by atoms with E-state index in [2.05, 4.69) is 15.3 Å². The van der Waals surface area contributed by atoms with Gasteiger partial charge in [0.25, 0.3) is 5.91 Å². The molecule has 1 aromatic carbocycles. The molecule has 1 aliphatic rings. The third-order valence-electron chi connectivity index (χ3n) is 4.80. The highest BCUT2D eigenvalue weighted by molar-refractivity contribution is 5.95. The van der Waals surface area contributed by atoms with Gasteiger partial charge >= 0.3 is 0 Å². The SMILES string of the molecule is COc1ccc(CNc2nc(C(C)C)[nH]c2C(N)=O)cc1OC1CCCC1. The van der Waals surface area contributed by atoms with Gasteiger partial charge in [0.05, 0.1) is 13.2 Å². The second-order valence-corrected chi connectivity index (χ2v) is 7.23. The summed E-state index contributed by atoms with van der Waals surface area (Å²) in [5, 5.41) is 3.20. The molecule has 0 bridgehead atoms. The van der Waals surface area contributed by atoms with Crippen molar-refractivity contribution in [2.75, 3.05) is 12.4 Å². The fourth-order valence-electron chi connectivity index (χ4n) is 3.27. The van der Waals surface area contributed by atoms with Gasteiger partial charge in [0.15, 0.2) is 17.3 Å². The molecule has 7 heteroatoms. The largest absolute Gasteiger partial charge is 0.493 e. The molecule has 0 atom stereocenters. The maximum absolute atomic E-state index is 11.7. The number of hydrogen-bond acceptors (Lipinski definition) is 5. The van der Waals surface area contributed by atoms with E-state index in [-0.39, 0.29) is 12.0 Å². The first-order valence-electron chi connectivity index (χ1n) is 9.45. The molecule has 1 aliphatic carbocycles. The Bertz CT molecular complexity index is 795. The van der Waals surface area contributed by atoms with E-state index in [0.29, 0.717) is 18.1 Å². The molecular formula is C20H28N4O3. The second kappa shape index (κ2) is 8.33. The van der Waals surface area contributed by atoms with Crippen LogP contribution in [0.4, 0.5) is 5.82 Å². The zero-order valence-corrected chi connectivity index (χ0v) is 16.2. The monoisotopic (exact) mass is 372 g/mol. The molecule has 7 nitrogen and oxygen atoms in total. The van der Waals surface area contributed by atoms with Crippen LogP contribution in [0.5, 0.6) is 11.5 Å². The minimum atomic E-state index is -0.531. The Kier molecular flexibility index (Phi) is 5.88. The average Bonchev–Trinajstić information content (AvgIpc) is 3.29. The predicted octanol–water partition coefficient (Wildman–Crippen LogP) is 3.57. The van der Waals surface area contributed by atoms with Gasteiger partial charge < -0.3 is 25.5 Å². The molecule has 0 spiro atoms. The van der Waals surface area contributed by atoms with Crippen LogP contribution in [0.25, 0.3) is 0 Å². The quantitative estimate of drug-likeness (QED) is 0.657. The van der Waals surface area contributed by atoms with Crippen molar-refractivity contribution in [3.05, 3.63) is 35.3 Å². The Morgan fingerprint density at radius 1 is 1.33 bits per heavy atom. The number of H-pyrrole nitrogens is 1. The highest BCUT2D eigenvalue weighted by Crippen LogP contribution is 2.32. The zero-order valence-electron chi connectivity index (χ0n) is 16.2. The lowest BCUT2D eigenvalue weighted by Gasteiger charge is -2.17. The summed E-state index contributed by atoms with van der Waals surface area (Å²) in [6.07, 6.45) is 4.84. The third-order valence-corrected chi connectivity index (χ3v) is 4.80. The van der Waals surface area contributed by atoms with Crippen LogP contribution in [0.1, 0.15) is 67.3 Å². The summed E-state index contributed by atoms with van der Waals surface area (Å²) in [6, 6.07) is 5.85. The molecule has 4 N–H and O–H groups in total. The Morgan fingerprint density at radius 3 is 2.70 bits per heavy atom. The average molecular weight is 372 g/mol. The summed E-state index contributed by atoms with van der Waals surface area (Å²) in [5.74, 6) is 2.32. The number of carbonyl (C=O) groups excluding carboxylic acids is 1. The van der Waals surface area contributed by atoms with Crippen LogP contribution in [-0.4, -0.2) is 29.1 Å². The van der Waals surface area contributed by atoms with Crippen molar-refractivity contribution >= 4 is 11.7 Å². The number of anilines is 1. The number of nitrogens with zero attached hydrogens (tertiary/aromatic N) is 1. The van der Waals surface area contributed by atoms with Crippen molar-refractivity contribution in [3.8, 4) is 11.5 Å². The molecule has 2 aromatic rings. The van der Waals surface area contributed by atoms with Gasteiger partial charge in [0.1, 0.15) is 11.5 Å². The number of primary amides is 1. The van der Waals surface area contributed by atoms with Gasteiger partial charge in [-0.1, -0.05) is 19.9 Å². The summed E-state index contributed by atoms with van der Waals surface area (Å²) in [7, 11) is 1.64. The molecule has 1 fully saturated rings. The summed E-state index contributed by atoms with van der Waals surface area (Å²) >= 11 is 0. The van der Waals surface area contributed by atoms with E-state index in [4.69, 9.17) is 15.2 Å². The minimum Gasteiger partial charge on any atom is -0.493 e. The molecule has 1 amide bonds. The van der Waals surface area contributed by atoms with Crippen LogP contribution < -0.4 is 20.5 Å². The van der Waals surface area contributed by atoms with Crippen molar-refractivity contribution in [1.29, 1.82) is 0 Å². The lowest BCUT2D eigenvalue weighted by Crippen LogP contribution is -2.15. The first-order valence-corrected chi connectivity index (χ1v) is 9.45. The molecule has 3 rings (SSSR count). The van der Waals surface area contributed by atoms with Crippen LogP contribution in [0.2, 0.25) is 0 Å². The van der Waals surface area contributed by atoms with Crippen molar-refractivity contribution in [1.82, 2.24) is 9.97 Å². The van der Waals surface area contributed by atoms with E-state index in [1.54, 1.807) is 7.11 Å². The van der Waals surface area contributed by atoms with Crippen molar-refractivity contribution in [2.24, 2.45) is 5.73 Å². The molecule has 0 unspecified atom stereocenters. The van der Waals surface area contributed by atoms with Crippen molar-refractivity contribution in [2.45, 2.75) is 58.1 Å². The summed E-state index contributed by atoms with van der Waals surface area (Å²) in [4.78, 5) is 19.1. The van der Waals surface area contributed by atoms with E-state index in [1.807, 2.05) is 32.0 Å². The molecule has 0 saturated heterocycles. The highest BCUT2D eigenvalue weighted by atomic mass is 16.5. The van der Waals surface area contributed by atoms with Crippen LogP contribution in [0.3, 0.4) is 0 Å². The zero-order chi connectivity index (χ0) is 19.4. The molecule has 27 heavy (non-hydrogen) atoms. The number of rotatable bonds is 8. The fraction of sp³-hybridized carbons (Fsp3) is 0.500. The lowest BCUT2D eigenvalue weighted by molar-refractivity contribution is 0.0996. The Labute approximate surface area is 159 Å². The number of ether oxygens (including phenoxy) is 2.